The van der Waals surface area contributed by atoms with Crippen molar-refractivity contribution in [3.8, 4) is 0 Å². The standard InChI is InChI=1S/C14H20Br6/c15-7-14(20,8-1-3-10(16)12(18)5-8)9-2-4-11(17)13(19)6-9/h8-13H,1-7H2. The summed E-state index contributed by atoms with van der Waals surface area (Å²) in [6.07, 6.45) is 7.69. The van der Waals surface area contributed by atoms with Crippen LogP contribution in [0.5, 0.6) is 0 Å². The van der Waals surface area contributed by atoms with Crippen LogP contribution in [0.15, 0.2) is 0 Å². The van der Waals surface area contributed by atoms with E-state index >= 15 is 0 Å². The molecule has 0 N–H and O–H groups in total. The first kappa shape index (κ1) is 19.2. The normalized spacial score (nSPS) is 45.9. The highest BCUT2D eigenvalue weighted by Crippen LogP contribution is 2.52. The van der Waals surface area contributed by atoms with E-state index in [1.807, 2.05) is 0 Å². The minimum absolute atomic E-state index is 0.241. The third-order valence-corrected chi connectivity index (χ3v) is 13.8. The van der Waals surface area contributed by atoms with E-state index < -0.39 is 0 Å². The van der Waals surface area contributed by atoms with Crippen molar-refractivity contribution in [2.24, 2.45) is 11.8 Å². The van der Waals surface area contributed by atoms with Crippen LogP contribution in [0.25, 0.3) is 0 Å². The van der Waals surface area contributed by atoms with Crippen LogP contribution in [-0.4, -0.2) is 29.0 Å². The lowest BCUT2D eigenvalue weighted by Crippen LogP contribution is -2.47. The lowest BCUT2D eigenvalue weighted by Gasteiger charge is -2.47. The molecule has 2 fully saturated rings. The van der Waals surface area contributed by atoms with Gasteiger partial charge in [-0.2, -0.15) is 0 Å². The van der Waals surface area contributed by atoms with Crippen LogP contribution in [0.1, 0.15) is 38.5 Å². The number of hydrogen-bond acceptors (Lipinski definition) is 0. The summed E-state index contributed by atoms with van der Waals surface area (Å²) in [5, 5.41) is 1.05. The molecular formula is C14H20Br6. The summed E-state index contributed by atoms with van der Waals surface area (Å²) in [6, 6.07) is 0. The van der Waals surface area contributed by atoms with Crippen LogP contribution >= 0.6 is 95.6 Å². The largest absolute Gasteiger partial charge is 0.0913 e. The quantitative estimate of drug-likeness (QED) is 0.280. The van der Waals surface area contributed by atoms with Gasteiger partial charge in [-0.05, 0) is 50.4 Å². The van der Waals surface area contributed by atoms with Gasteiger partial charge in [-0.25, -0.2) is 0 Å². The van der Waals surface area contributed by atoms with E-state index in [0.717, 1.165) is 17.2 Å². The Morgan fingerprint density at radius 2 is 1.10 bits per heavy atom. The Kier molecular flexibility index (Phi) is 7.98. The Hall–Kier alpha value is 2.88. The summed E-state index contributed by atoms with van der Waals surface area (Å²) in [5.41, 5.74) is 0. The Balaban J connectivity index is 2.08. The van der Waals surface area contributed by atoms with Crippen molar-refractivity contribution in [2.45, 2.75) is 62.2 Å². The summed E-state index contributed by atoms with van der Waals surface area (Å²) < 4.78 is 0.241. The van der Waals surface area contributed by atoms with E-state index in [-0.39, 0.29) is 4.32 Å². The van der Waals surface area contributed by atoms with E-state index in [1.54, 1.807) is 0 Å². The maximum Gasteiger partial charge on any atom is 0.0411 e. The molecule has 6 atom stereocenters. The predicted octanol–water partition coefficient (Wildman–Crippen LogP) is 7.17. The molecule has 6 heteroatoms. The van der Waals surface area contributed by atoms with Gasteiger partial charge < -0.3 is 0 Å². The average molecular weight is 668 g/mol. The van der Waals surface area contributed by atoms with Crippen molar-refractivity contribution in [1.29, 1.82) is 0 Å². The van der Waals surface area contributed by atoms with Crippen LogP contribution in [0.3, 0.4) is 0 Å². The molecule has 0 heterocycles. The SMILES string of the molecule is BrCC(Br)(C1CCC(Br)C(Br)C1)C1CCC(Br)C(Br)C1. The molecule has 6 unspecified atom stereocenters. The fourth-order valence-electron chi connectivity index (χ4n) is 3.58. The number of rotatable bonds is 3. The first-order valence-electron chi connectivity index (χ1n) is 7.19. The minimum Gasteiger partial charge on any atom is -0.0913 e. The average Bonchev–Trinajstić information content (AvgIpc) is 2.44. The molecule has 0 radical (unpaired) electrons. The molecule has 0 aromatic rings. The predicted molar refractivity (Wildman–Crippen MR) is 111 cm³/mol. The Bertz CT molecular complexity index is 297. The van der Waals surface area contributed by atoms with Gasteiger partial charge in [-0.3, -0.25) is 0 Å². The second-order valence-electron chi connectivity index (χ2n) is 6.14. The van der Waals surface area contributed by atoms with E-state index in [0.29, 0.717) is 19.3 Å². The highest BCUT2D eigenvalue weighted by molar-refractivity contribution is 9.13. The molecule has 0 spiro atoms. The van der Waals surface area contributed by atoms with Crippen LogP contribution in [-0.2, 0) is 0 Å². The third kappa shape index (κ3) is 4.29. The lowest BCUT2D eigenvalue weighted by atomic mass is 9.70. The Morgan fingerprint density at radius 1 is 0.700 bits per heavy atom. The zero-order valence-corrected chi connectivity index (χ0v) is 20.7. The van der Waals surface area contributed by atoms with E-state index in [9.17, 15) is 0 Å². The van der Waals surface area contributed by atoms with Gasteiger partial charge in [0.1, 0.15) is 0 Å². The van der Waals surface area contributed by atoms with Gasteiger partial charge in [0.15, 0.2) is 0 Å². The molecular weight excluding hydrogens is 648 g/mol. The fraction of sp³-hybridized carbons (Fsp3) is 1.00. The van der Waals surface area contributed by atoms with Crippen molar-refractivity contribution in [2.75, 3.05) is 5.33 Å². The molecule has 2 aliphatic rings. The second-order valence-corrected chi connectivity index (χ2v) is 12.9. The summed E-state index contributed by atoms with van der Waals surface area (Å²) >= 11 is 23.3. The minimum atomic E-state index is 0.241. The molecule has 20 heavy (non-hydrogen) atoms. The van der Waals surface area contributed by atoms with E-state index in [4.69, 9.17) is 0 Å². The van der Waals surface area contributed by atoms with E-state index in [2.05, 4.69) is 95.6 Å². The highest BCUT2D eigenvalue weighted by atomic mass is 79.9. The van der Waals surface area contributed by atoms with Gasteiger partial charge in [0, 0.05) is 29.0 Å². The monoisotopic (exact) mass is 662 g/mol. The Morgan fingerprint density at radius 3 is 1.40 bits per heavy atom. The third-order valence-electron chi connectivity index (χ3n) is 4.95. The maximum atomic E-state index is 4.18. The zero-order chi connectivity index (χ0) is 14.9. The van der Waals surface area contributed by atoms with Crippen LogP contribution in [0.4, 0.5) is 0 Å². The topological polar surface area (TPSA) is 0 Å². The number of alkyl halides is 6. The van der Waals surface area contributed by atoms with Crippen LogP contribution in [0.2, 0.25) is 0 Å². The lowest BCUT2D eigenvalue weighted by molar-refractivity contribution is 0.210. The van der Waals surface area contributed by atoms with Crippen molar-refractivity contribution in [3.05, 3.63) is 0 Å². The van der Waals surface area contributed by atoms with Gasteiger partial charge in [0.2, 0.25) is 0 Å². The van der Waals surface area contributed by atoms with Crippen LogP contribution in [0, 0.1) is 11.8 Å². The smallest absolute Gasteiger partial charge is 0.0411 e. The number of hydrogen-bond donors (Lipinski definition) is 0. The number of halogens is 6. The first-order chi connectivity index (χ1) is 9.38. The van der Waals surface area contributed by atoms with Crippen molar-refractivity contribution < 1.29 is 0 Å². The second kappa shape index (κ2) is 8.31. The molecule has 0 aromatic heterocycles. The molecule has 0 saturated heterocycles. The molecule has 0 nitrogen and oxygen atoms in total. The molecule has 0 amide bonds. The van der Waals surface area contributed by atoms with E-state index in [1.165, 1.54) is 38.5 Å². The van der Waals surface area contributed by atoms with Crippen molar-refractivity contribution in [1.82, 2.24) is 0 Å². The molecule has 0 aliphatic heterocycles. The highest BCUT2D eigenvalue weighted by Gasteiger charge is 2.47. The fourth-order valence-corrected chi connectivity index (χ4v) is 7.72. The summed E-state index contributed by atoms with van der Waals surface area (Å²) in [5.74, 6) is 1.49. The summed E-state index contributed by atoms with van der Waals surface area (Å²) in [6.45, 7) is 0. The van der Waals surface area contributed by atoms with Crippen molar-refractivity contribution >= 4 is 95.6 Å². The first-order valence-corrected chi connectivity index (χ1v) is 12.8. The molecule has 2 rings (SSSR count). The zero-order valence-electron chi connectivity index (χ0n) is 11.2. The maximum absolute atomic E-state index is 4.18. The van der Waals surface area contributed by atoms with Gasteiger partial charge >= 0.3 is 0 Å². The summed E-state index contributed by atoms with van der Waals surface area (Å²) in [7, 11) is 0. The summed E-state index contributed by atoms with van der Waals surface area (Å²) in [4.78, 5) is 2.47. The van der Waals surface area contributed by atoms with Crippen LogP contribution < -0.4 is 0 Å². The molecule has 0 bridgehead atoms. The molecule has 2 aliphatic carbocycles. The Labute approximate surface area is 173 Å². The van der Waals surface area contributed by atoms with Gasteiger partial charge in [0.25, 0.3) is 0 Å². The van der Waals surface area contributed by atoms with Gasteiger partial charge in [-0.15, -0.1) is 0 Å². The molecule has 2 saturated carbocycles. The molecule has 0 aromatic carbocycles. The molecule has 118 valence electrons. The van der Waals surface area contributed by atoms with Gasteiger partial charge in [0.05, 0.1) is 0 Å². The van der Waals surface area contributed by atoms with Crippen molar-refractivity contribution in [3.63, 3.8) is 0 Å². The van der Waals surface area contributed by atoms with Gasteiger partial charge in [-0.1, -0.05) is 95.6 Å².